The van der Waals surface area contributed by atoms with Crippen LogP contribution in [0.5, 0.6) is 0 Å². The highest BCUT2D eigenvalue weighted by molar-refractivity contribution is 6.33. The second-order valence-corrected chi connectivity index (χ2v) is 4.18. The van der Waals surface area contributed by atoms with Crippen molar-refractivity contribution in [2.45, 2.75) is 6.92 Å². The number of nitrogens with zero attached hydrogens (tertiary/aromatic N) is 2. The molecule has 0 saturated carbocycles. The van der Waals surface area contributed by atoms with Gasteiger partial charge in [0.15, 0.2) is 5.82 Å². The molecule has 0 fully saturated rings. The number of halogens is 2. The van der Waals surface area contributed by atoms with Crippen molar-refractivity contribution >= 4 is 28.8 Å². The van der Waals surface area contributed by atoms with E-state index in [-0.39, 0.29) is 5.82 Å². The number of hydrogen-bond acceptors (Lipinski definition) is 3. The van der Waals surface area contributed by atoms with Gasteiger partial charge in [-0.1, -0.05) is 23.7 Å². The first-order valence-corrected chi connectivity index (χ1v) is 5.94. The number of anilines is 3. The number of rotatable bonds is 3. The van der Waals surface area contributed by atoms with Gasteiger partial charge in [0.2, 0.25) is 0 Å². The van der Waals surface area contributed by atoms with Crippen LogP contribution in [-0.2, 0) is 0 Å². The van der Waals surface area contributed by atoms with Crippen LogP contribution in [0.2, 0.25) is 5.02 Å². The highest BCUT2D eigenvalue weighted by Gasteiger charge is 2.15. The molecule has 2 rings (SSSR count). The van der Waals surface area contributed by atoms with Crippen LogP contribution in [0.3, 0.4) is 0 Å². The van der Waals surface area contributed by atoms with Gasteiger partial charge in [0, 0.05) is 6.54 Å². The summed E-state index contributed by atoms with van der Waals surface area (Å²) in [6, 6.07) is 8.11. The number of pyridine rings is 1. The molecule has 2 aromatic rings. The molecule has 0 unspecified atom stereocenters. The Labute approximate surface area is 110 Å². The van der Waals surface area contributed by atoms with Gasteiger partial charge in [-0.25, -0.2) is 9.37 Å². The zero-order valence-electron chi connectivity index (χ0n) is 9.90. The molecule has 5 heteroatoms. The minimum atomic E-state index is -0.311. The van der Waals surface area contributed by atoms with Crippen molar-refractivity contribution in [3.63, 3.8) is 0 Å². The summed E-state index contributed by atoms with van der Waals surface area (Å²) in [4.78, 5) is 5.87. The number of para-hydroxylation sites is 1. The van der Waals surface area contributed by atoms with Crippen LogP contribution in [0, 0.1) is 5.82 Å². The van der Waals surface area contributed by atoms with Crippen LogP contribution in [-0.4, -0.2) is 11.5 Å². The second kappa shape index (κ2) is 5.23. The van der Waals surface area contributed by atoms with Crippen molar-refractivity contribution in [1.29, 1.82) is 0 Å². The van der Waals surface area contributed by atoms with E-state index in [1.807, 2.05) is 6.92 Å². The van der Waals surface area contributed by atoms with Gasteiger partial charge in [0.05, 0.1) is 22.6 Å². The van der Waals surface area contributed by atoms with Gasteiger partial charge in [-0.15, -0.1) is 0 Å². The Bertz CT molecular complexity index is 560. The van der Waals surface area contributed by atoms with Crippen molar-refractivity contribution in [3.05, 3.63) is 47.4 Å². The van der Waals surface area contributed by atoms with Gasteiger partial charge < -0.3 is 10.6 Å². The molecule has 1 heterocycles. The molecule has 0 saturated heterocycles. The van der Waals surface area contributed by atoms with Crippen molar-refractivity contribution in [1.82, 2.24) is 4.98 Å². The number of nitrogens with two attached hydrogens (primary N) is 1. The molecule has 0 aliphatic heterocycles. The Morgan fingerprint density at radius 2 is 2.11 bits per heavy atom. The molecule has 0 aliphatic carbocycles. The maximum Gasteiger partial charge on any atom is 0.152 e. The lowest BCUT2D eigenvalue weighted by Crippen LogP contribution is -2.19. The summed E-state index contributed by atoms with van der Waals surface area (Å²) in [7, 11) is 0. The fourth-order valence-corrected chi connectivity index (χ4v) is 2.03. The Kier molecular flexibility index (Phi) is 3.67. The van der Waals surface area contributed by atoms with E-state index in [2.05, 4.69) is 4.98 Å². The molecular formula is C13H13ClFN3. The maximum atomic E-state index is 13.8. The molecule has 1 aromatic carbocycles. The van der Waals surface area contributed by atoms with Crippen LogP contribution in [0.4, 0.5) is 21.6 Å². The predicted molar refractivity (Wildman–Crippen MR) is 72.7 cm³/mol. The number of aromatic nitrogens is 1. The molecule has 0 spiro atoms. The first kappa shape index (κ1) is 12.6. The lowest BCUT2D eigenvalue weighted by Gasteiger charge is -2.23. The minimum Gasteiger partial charge on any atom is -0.397 e. The van der Waals surface area contributed by atoms with Crippen molar-refractivity contribution < 1.29 is 4.39 Å². The van der Waals surface area contributed by atoms with E-state index < -0.39 is 0 Å². The van der Waals surface area contributed by atoms with E-state index in [0.29, 0.717) is 28.8 Å². The number of hydrogen-bond donors (Lipinski definition) is 1. The average molecular weight is 266 g/mol. The maximum absolute atomic E-state index is 13.8. The summed E-state index contributed by atoms with van der Waals surface area (Å²) in [6.07, 6.45) is 1.50. The Hall–Kier alpha value is -1.81. The van der Waals surface area contributed by atoms with Crippen LogP contribution in [0.15, 0.2) is 36.5 Å². The van der Waals surface area contributed by atoms with Gasteiger partial charge in [-0.2, -0.15) is 0 Å². The van der Waals surface area contributed by atoms with Gasteiger partial charge in [0.1, 0.15) is 5.82 Å². The third kappa shape index (κ3) is 2.38. The fourth-order valence-electron chi connectivity index (χ4n) is 1.75. The van der Waals surface area contributed by atoms with Gasteiger partial charge in [-0.3, -0.25) is 0 Å². The summed E-state index contributed by atoms with van der Waals surface area (Å²) >= 11 is 6.10. The highest BCUT2D eigenvalue weighted by Crippen LogP contribution is 2.31. The molecule has 94 valence electrons. The first-order valence-electron chi connectivity index (χ1n) is 5.56. The fraction of sp³-hybridized carbons (Fsp3) is 0.154. The third-order valence-electron chi connectivity index (χ3n) is 2.56. The van der Waals surface area contributed by atoms with E-state index >= 15 is 0 Å². The van der Waals surface area contributed by atoms with Gasteiger partial charge >= 0.3 is 0 Å². The minimum absolute atomic E-state index is 0.311. The average Bonchev–Trinajstić information content (AvgIpc) is 2.34. The standard InChI is InChI=1S/C13H13ClFN3/c1-2-18(12-6-4-3-5-11(12)15)13-10(14)7-9(16)8-17-13/h3-8H,2,16H2,1H3. The zero-order valence-corrected chi connectivity index (χ0v) is 10.7. The molecule has 0 aliphatic rings. The molecule has 0 radical (unpaired) electrons. The van der Waals surface area contributed by atoms with E-state index in [1.165, 1.54) is 12.3 Å². The topological polar surface area (TPSA) is 42.2 Å². The summed E-state index contributed by atoms with van der Waals surface area (Å²) in [5.41, 5.74) is 6.52. The third-order valence-corrected chi connectivity index (χ3v) is 2.84. The van der Waals surface area contributed by atoms with E-state index in [4.69, 9.17) is 17.3 Å². The molecule has 0 amide bonds. The molecule has 18 heavy (non-hydrogen) atoms. The summed E-state index contributed by atoms with van der Waals surface area (Å²) < 4.78 is 13.8. The normalized spacial score (nSPS) is 10.4. The quantitative estimate of drug-likeness (QED) is 0.922. The van der Waals surface area contributed by atoms with Crippen LogP contribution < -0.4 is 10.6 Å². The van der Waals surface area contributed by atoms with Crippen LogP contribution in [0.1, 0.15) is 6.92 Å². The molecule has 3 nitrogen and oxygen atoms in total. The summed E-state index contributed by atoms with van der Waals surface area (Å²) in [5.74, 6) is 0.188. The molecule has 2 N–H and O–H groups in total. The predicted octanol–water partition coefficient (Wildman–Crippen LogP) is 3.61. The number of nitrogen functional groups attached to an aromatic ring is 1. The van der Waals surface area contributed by atoms with E-state index in [0.717, 1.165) is 0 Å². The highest BCUT2D eigenvalue weighted by atomic mass is 35.5. The van der Waals surface area contributed by atoms with Crippen LogP contribution >= 0.6 is 11.6 Å². The summed E-state index contributed by atoms with van der Waals surface area (Å²) in [5, 5.41) is 0.403. The first-order chi connectivity index (χ1) is 8.63. The number of benzene rings is 1. The lowest BCUT2D eigenvalue weighted by molar-refractivity contribution is 0.625. The largest absolute Gasteiger partial charge is 0.397 e. The van der Waals surface area contributed by atoms with Crippen molar-refractivity contribution in [2.24, 2.45) is 0 Å². The monoisotopic (exact) mass is 265 g/mol. The molecule has 0 bridgehead atoms. The van der Waals surface area contributed by atoms with Gasteiger partial charge in [-0.05, 0) is 25.1 Å². The second-order valence-electron chi connectivity index (χ2n) is 3.77. The van der Waals surface area contributed by atoms with E-state index in [1.54, 1.807) is 29.2 Å². The SMILES string of the molecule is CCN(c1ccccc1F)c1ncc(N)cc1Cl. The Morgan fingerprint density at radius 1 is 1.39 bits per heavy atom. The summed E-state index contributed by atoms with van der Waals surface area (Å²) in [6.45, 7) is 2.46. The molecule has 1 aromatic heterocycles. The van der Waals surface area contributed by atoms with Crippen molar-refractivity contribution in [2.75, 3.05) is 17.2 Å². The van der Waals surface area contributed by atoms with Gasteiger partial charge in [0.25, 0.3) is 0 Å². The Balaban J connectivity index is 2.49. The van der Waals surface area contributed by atoms with E-state index in [9.17, 15) is 4.39 Å². The smallest absolute Gasteiger partial charge is 0.152 e. The Morgan fingerprint density at radius 3 is 2.72 bits per heavy atom. The molecule has 0 atom stereocenters. The zero-order chi connectivity index (χ0) is 13.1. The lowest BCUT2D eigenvalue weighted by atomic mass is 10.2. The van der Waals surface area contributed by atoms with Crippen molar-refractivity contribution in [3.8, 4) is 0 Å². The molecular weight excluding hydrogens is 253 g/mol. The van der Waals surface area contributed by atoms with Crippen LogP contribution in [0.25, 0.3) is 0 Å².